The van der Waals surface area contributed by atoms with Crippen molar-refractivity contribution in [3.8, 4) is 0 Å². The fourth-order valence-corrected chi connectivity index (χ4v) is 3.12. The maximum atomic E-state index is 12.3. The number of carbonyl (C=O) groups is 1. The molecule has 0 saturated heterocycles. The summed E-state index contributed by atoms with van der Waals surface area (Å²) in [5.74, 6) is 0.244. The molecule has 0 aliphatic heterocycles. The van der Waals surface area contributed by atoms with Crippen LogP contribution in [0.3, 0.4) is 0 Å². The lowest BCUT2D eigenvalue weighted by atomic mass is 9.81. The summed E-state index contributed by atoms with van der Waals surface area (Å²) in [6, 6.07) is 7.73. The van der Waals surface area contributed by atoms with Gasteiger partial charge in [-0.3, -0.25) is 4.79 Å². The Morgan fingerprint density at radius 2 is 2.05 bits per heavy atom. The first-order chi connectivity index (χ1) is 9.38. The predicted molar refractivity (Wildman–Crippen MR) is 86.7 cm³/mol. The molecule has 1 aliphatic rings. The second-order valence-electron chi connectivity index (χ2n) is 6.26. The van der Waals surface area contributed by atoms with Crippen molar-refractivity contribution in [3.63, 3.8) is 0 Å². The van der Waals surface area contributed by atoms with Gasteiger partial charge in [0.05, 0.1) is 4.99 Å². The lowest BCUT2D eigenvalue weighted by molar-refractivity contribution is -0.122. The van der Waals surface area contributed by atoms with Gasteiger partial charge in [0.25, 0.3) is 0 Å². The molecular weight excluding hydrogens is 268 g/mol. The number of benzene rings is 1. The highest BCUT2D eigenvalue weighted by molar-refractivity contribution is 7.80. The van der Waals surface area contributed by atoms with Crippen LogP contribution < -0.4 is 11.1 Å². The molecule has 1 fully saturated rings. The highest BCUT2D eigenvalue weighted by Gasteiger charge is 2.39. The lowest BCUT2D eigenvalue weighted by Crippen LogP contribution is -2.30. The van der Waals surface area contributed by atoms with E-state index in [1.165, 1.54) is 0 Å². The Morgan fingerprint density at radius 1 is 1.40 bits per heavy atom. The van der Waals surface area contributed by atoms with Gasteiger partial charge in [-0.05, 0) is 36.0 Å². The normalized spacial score (nSPS) is 20.6. The molecular formula is C16H22N2OS. The molecule has 1 aliphatic carbocycles. The third-order valence-corrected chi connectivity index (χ3v) is 4.32. The first-order valence-corrected chi connectivity index (χ1v) is 7.47. The van der Waals surface area contributed by atoms with Gasteiger partial charge in [-0.2, -0.15) is 0 Å². The summed E-state index contributed by atoms with van der Waals surface area (Å²) in [6.07, 6.45) is 3.84. The number of anilines is 1. The number of amides is 1. The van der Waals surface area contributed by atoms with E-state index in [2.05, 4.69) is 19.2 Å². The summed E-state index contributed by atoms with van der Waals surface area (Å²) >= 11 is 4.89. The maximum Gasteiger partial charge on any atom is 0.228 e. The first kappa shape index (κ1) is 15.0. The van der Waals surface area contributed by atoms with Gasteiger partial charge in [-0.25, -0.2) is 0 Å². The minimum atomic E-state index is 0.107. The number of carbonyl (C=O) groups excluding carboxylic acids is 1. The van der Waals surface area contributed by atoms with Crippen LogP contribution in [0, 0.1) is 11.3 Å². The highest BCUT2D eigenvalue weighted by Crippen LogP contribution is 2.43. The molecule has 1 aromatic rings. The van der Waals surface area contributed by atoms with Crippen LogP contribution in [0.4, 0.5) is 5.69 Å². The van der Waals surface area contributed by atoms with E-state index in [0.29, 0.717) is 11.4 Å². The van der Waals surface area contributed by atoms with Crippen LogP contribution in [-0.2, 0) is 11.2 Å². The van der Waals surface area contributed by atoms with Gasteiger partial charge in [-0.15, -0.1) is 0 Å². The smallest absolute Gasteiger partial charge is 0.228 e. The molecule has 1 saturated carbocycles. The Hall–Kier alpha value is -1.42. The van der Waals surface area contributed by atoms with E-state index < -0.39 is 0 Å². The number of nitrogens with one attached hydrogen (secondary N) is 1. The van der Waals surface area contributed by atoms with E-state index in [-0.39, 0.29) is 17.2 Å². The molecule has 0 aromatic heterocycles. The SMILES string of the molecule is CC1(C)CCCC1C(=O)Nc1ccc(CC(N)=S)cc1. The van der Waals surface area contributed by atoms with E-state index in [9.17, 15) is 4.79 Å². The Morgan fingerprint density at radius 3 is 2.55 bits per heavy atom. The number of hydrogen-bond acceptors (Lipinski definition) is 2. The highest BCUT2D eigenvalue weighted by atomic mass is 32.1. The van der Waals surface area contributed by atoms with Crippen molar-refractivity contribution in [1.29, 1.82) is 0 Å². The average Bonchev–Trinajstić information content (AvgIpc) is 2.71. The standard InChI is InChI=1S/C16H22N2OS/c1-16(2)9-3-4-13(16)15(19)18-12-7-5-11(6-8-12)10-14(17)20/h5-8,13H,3-4,9-10H2,1-2H3,(H2,17,20)(H,18,19). The Labute approximate surface area is 125 Å². The molecule has 1 aromatic carbocycles. The van der Waals surface area contributed by atoms with E-state index in [0.717, 1.165) is 30.5 Å². The summed E-state index contributed by atoms with van der Waals surface area (Å²) in [7, 11) is 0. The van der Waals surface area contributed by atoms with Crippen molar-refractivity contribution in [3.05, 3.63) is 29.8 Å². The number of thiocarbonyl (C=S) groups is 1. The van der Waals surface area contributed by atoms with Crippen LogP contribution in [-0.4, -0.2) is 10.9 Å². The van der Waals surface area contributed by atoms with Crippen LogP contribution in [0.15, 0.2) is 24.3 Å². The third-order valence-electron chi connectivity index (χ3n) is 4.17. The molecule has 1 atom stereocenters. The molecule has 0 heterocycles. The zero-order chi connectivity index (χ0) is 14.8. The van der Waals surface area contributed by atoms with Crippen molar-refractivity contribution < 1.29 is 4.79 Å². The molecule has 20 heavy (non-hydrogen) atoms. The fraction of sp³-hybridized carbons (Fsp3) is 0.500. The van der Waals surface area contributed by atoms with E-state index in [1.807, 2.05) is 24.3 Å². The van der Waals surface area contributed by atoms with E-state index in [4.69, 9.17) is 18.0 Å². The second kappa shape index (κ2) is 5.92. The lowest BCUT2D eigenvalue weighted by Gasteiger charge is -2.25. The summed E-state index contributed by atoms with van der Waals surface area (Å²) in [5, 5.41) is 3.02. The van der Waals surface area contributed by atoms with Crippen molar-refractivity contribution in [2.75, 3.05) is 5.32 Å². The Kier molecular flexibility index (Phi) is 4.43. The van der Waals surface area contributed by atoms with E-state index in [1.54, 1.807) is 0 Å². The van der Waals surface area contributed by atoms with Gasteiger partial charge < -0.3 is 11.1 Å². The number of nitrogens with two attached hydrogens (primary N) is 1. The van der Waals surface area contributed by atoms with E-state index >= 15 is 0 Å². The molecule has 4 heteroatoms. The van der Waals surface area contributed by atoms with Gasteiger partial charge in [0, 0.05) is 18.0 Å². The minimum absolute atomic E-state index is 0.107. The molecule has 1 amide bonds. The average molecular weight is 290 g/mol. The number of rotatable bonds is 4. The van der Waals surface area contributed by atoms with Crippen LogP contribution in [0.1, 0.15) is 38.7 Å². The zero-order valence-electron chi connectivity index (χ0n) is 12.1. The van der Waals surface area contributed by atoms with Crippen molar-refractivity contribution >= 4 is 28.8 Å². The quantitative estimate of drug-likeness (QED) is 0.837. The van der Waals surface area contributed by atoms with Gasteiger partial charge >= 0.3 is 0 Å². The van der Waals surface area contributed by atoms with Crippen LogP contribution in [0.2, 0.25) is 0 Å². The van der Waals surface area contributed by atoms with Crippen LogP contribution in [0.5, 0.6) is 0 Å². The summed E-state index contributed by atoms with van der Waals surface area (Å²) in [5.41, 5.74) is 7.53. The molecule has 108 valence electrons. The molecule has 2 rings (SSSR count). The summed E-state index contributed by atoms with van der Waals surface area (Å²) in [6.45, 7) is 4.35. The number of hydrogen-bond donors (Lipinski definition) is 2. The topological polar surface area (TPSA) is 55.1 Å². The molecule has 0 radical (unpaired) electrons. The summed E-state index contributed by atoms with van der Waals surface area (Å²) < 4.78 is 0. The molecule has 0 spiro atoms. The molecule has 1 unspecified atom stereocenters. The van der Waals surface area contributed by atoms with Crippen molar-refractivity contribution in [2.24, 2.45) is 17.1 Å². The zero-order valence-corrected chi connectivity index (χ0v) is 12.9. The second-order valence-corrected chi connectivity index (χ2v) is 6.79. The van der Waals surface area contributed by atoms with Crippen molar-refractivity contribution in [2.45, 2.75) is 39.5 Å². The predicted octanol–water partition coefficient (Wildman–Crippen LogP) is 3.28. The third kappa shape index (κ3) is 3.57. The van der Waals surface area contributed by atoms with Gasteiger partial charge in [0.1, 0.15) is 0 Å². The molecule has 3 N–H and O–H groups in total. The Bertz CT molecular complexity index is 508. The first-order valence-electron chi connectivity index (χ1n) is 7.06. The minimum Gasteiger partial charge on any atom is -0.393 e. The van der Waals surface area contributed by atoms with Crippen LogP contribution >= 0.6 is 12.2 Å². The van der Waals surface area contributed by atoms with Gasteiger partial charge in [0.2, 0.25) is 5.91 Å². The maximum absolute atomic E-state index is 12.3. The van der Waals surface area contributed by atoms with Crippen molar-refractivity contribution in [1.82, 2.24) is 0 Å². The van der Waals surface area contributed by atoms with Gasteiger partial charge in [-0.1, -0.05) is 44.6 Å². The molecule has 0 bridgehead atoms. The van der Waals surface area contributed by atoms with Crippen LogP contribution in [0.25, 0.3) is 0 Å². The van der Waals surface area contributed by atoms with Gasteiger partial charge in [0.15, 0.2) is 0 Å². The Balaban J connectivity index is 1.99. The summed E-state index contributed by atoms with van der Waals surface area (Å²) in [4.78, 5) is 12.8. The largest absolute Gasteiger partial charge is 0.393 e. The molecule has 3 nitrogen and oxygen atoms in total. The monoisotopic (exact) mass is 290 g/mol. The fourth-order valence-electron chi connectivity index (χ4n) is 2.95.